The molecule has 96 valence electrons. The maximum Gasteiger partial charge on any atom is 0.0595 e. The molecule has 0 bridgehead atoms. The van der Waals surface area contributed by atoms with Gasteiger partial charge in [-0.2, -0.15) is 0 Å². The third-order valence-corrected chi connectivity index (χ3v) is 3.74. The van der Waals surface area contributed by atoms with Crippen molar-refractivity contribution >= 4 is 0 Å². The average molecular weight is 228 g/mol. The molecule has 1 rings (SSSR count). The van der Waals surface area contributed by atoms with Crippen LogP contribution in [0.4, 0.5) is 0 Å². The van der Waals surface area contributed by atoms with Crippen molar-refractivity contribution in [2.24, 2.45) is 11.1 Å². The van der Waals surface area contributed by atoms with E-state index in [2.05, 4.69) is 25.7 Å². The Kier molecular flexibility index (Phi) is 5.22. The van der Waals surface area contributed by atoms with Crippen LogP contribution >= 0.6 is 0 Å². The number of likely N-dealkylation sites (tertiary alicyclic amines) is 1. The van der Waals surface area contributed by atoms with Gasteiger partial charge in [-0.05, 0) is 31.2 Å². The van der Waals surface area contributed by atoms with Crippen LogP contribution in [-0.4, -0.2) is 43.8 Å². The molecule has 1 unspecified atom stereocenters. The maximum absolute atomic E-state index is 6.17. The monoisotopic (exact) mass is 228 g/mol. The van der Waals surface area contributed by atoms with Crippen molar-refractivity contribution in [1.82, 2.24) is 4.90 Å². The van der Waals surface area contributed by atoms with Crippen molar-refractivity contribution in [2.75, 3.05) is 26.7 Å². The van der Waals surface area contributed by atoms with Crippen LogP contribution in [0.5, 0.6) is 0 Å². The molecule has 0 aliphatic carbocycles. The highest BCUT2D eigenvalue weighted by Crippen LogP contribution is 2.21. The maximum atomic E-state index is 6.17. The van der Waals surface area contributed by atoms with Gasteiger partial charge in [0.2, 0.25) is 0 Å². The van der Waals surface area contributed by atoms with Gasteiger partial charge >= 0.3 is 0 Å². The first-order chi connectivity index (χ1) is 7.43. The van der Waals surface area contributed by atoms with Gasteiger partial charge in [0.05, 0.1) is 6.10 Å². The Morgan fingerprint density at radius 3 is 2.31 bits per heavy atom. The van der Waals surface area contributed by atoms with Crippen molar-refractivity contribution in [3.63, 3.8) is 0 Å². The lowest BCUT2D eigenvalue weighted by Gasteiger charge is -2.34. The highest BCUT2D eigenvalue weighted by molar-refractivity contribution is 4.79. The SMILES string of the molecule is COC1CCN(CCC(N)C(C)(C)C)CC1. The minimum atomic E-state index is 0.227. The van der Waals surface area contributed by atoms with Gasteiger partial charge in [0.1, 0.15) is 0 Å². The molecule has 1 heterocycles. The summed E-state index contributed by atoms with van der Waals surface area (Å²) in [6, 6.07) is 0.299. The molecule has 0 amide bonds. The smallest absolute Gasteiger partial charge is 0.0595 e. The van der Waals surface area contributed by atoms with E-state index in [0.29, 0.717) is 12.1 Å². The molecule has 16 heavy (non-hydrogen) atoms. The number of ether oxygens (including phenoxy) is 1. The quantitative estimate of drug-likeness (QED) is 0.798. The van der Waals surface area contributed by atoms with Crippen molar-refractivity contribution in [3.8, 4) is 0 Å². The number of nitrogens with zero attached hydrogens (tertiary/aromatic N) is 1. The predicted octanol–water partition coefficient (Wildman–Crippen LogP) is 1.86. The molecule has 0 spiro atoms. The van der Waals surface area contributed by atoms with Crippen LogP contribution in [0.2, 0.25) is 0 Å². The molecule has 1 saturated heterocycles. The number of methoxy groups -OCH3 is 1. The molecule has 1 fully saturated rings. The Morgan fingerprint density at radius 1 is 1.31 bits per heavy atom. The van der Waals surface area contributed by atoms with Gasteiger partial charge in [-0.3, -0.25) is 0 Å². The van der Waals surface area contributed by atoms with E-state index in [1.165, 1.54) is 12.8 Å². The van der Waals surface area contributed by atoms with Crippen LogP contribution in [-0.2, 0) is 4.74 Å². The first-order valence-electron chi connectivity index (χ1n) is 6.44. The molecular weight excluding hydrogens is 200 g/mol. The topological polar surface area (TPSA) is 38.5 Å². The number of rotatable bonds is 4. The highest BCUT2D eigenvalue weighted by Gasteiger charge is 2.23. The first-order valence-corrected chi connectivity index (χ1v) is 6.44. The van der Waals surface area contributed by atoms with Crippen LogP contribution in [0.1, 0.15) is 40.0 Å². The lowest BCUT2D eigenvalue weighted by atomic mass is 9.85. The second kappa shape index (κ2) is 5.99. The zero-order chi connectivity index (χ0) is 12.2. The molecule has 2 N–H and O–H groups in total. The van der Waals surface area contributed by atoms with Crippen LogP contribution in [0, 0.1) is 5.41 Å². The fourth-order valence-electron chi connectivity index (χ4n) is 2.12. The number of nitrogens with two attached hydrogens (primary N) is 1. The Balaban J connectivity index is 2.20. The standard InChI is InChI=1S/C13H28N2O/c1-13(2,3)12(14)7-10-15-8-5-11(16-4)6-9-15/h11-12H,5-10,14H2,1-4H3. The summed E-state index contributed by atoms with van der Waals surface area (Å²) in [4.78, 5) is 2.52. The molecule has 0 radical (unpaired) electrons. The minimum absolute atomic E-state index is 0.227. The second-order valence-electron chi connectivity index (χ2n) is 6.04. The normalized spacial score (nSPS) is 22.3. The minimum Gasteiger partial charge on any atom is -0.381 e. The summed E-state index contributed by atoms with van der Waals surface area (Å²) in [5, 5.41) is 0. The Bertz CT molecular complexity index is 193. The molecule has 1 aliphatic rings. The van der Waals surface area contributed by atoms with E-state index < -0.39 is 0 Å². The number of hydrogen-bond acceptors (Lipinski definition) is 3. The summed E-state index contributed by atoms with van der Waals surface area (Å²) in [6.07, 6.45) is 3.91. The molecular formula is C13H28N2O. The van der Waals surface area contributed by atoms with Gasteiger partial charge in [-0.1, -0.05) is 20.8 Å². The zero-order valence-corrected chi connectivity index (χ0v) is 11.3. The van der Waals surface area contributed by atoms with E-state index in [-0.39, 0.29) is 5.41 Å². The Labute approximate surface area is 100 Å². The fraction of sp³-hybridized carbons (Fsp3) is 1.00. The van der Waals surface area contributed by atoms with E-state index in [9.17, 15) is 0 Å². The van der Waals surface area contributed by atoms with Crippen molar-refractivity contribution in [2.45, 2.75) is 52.2 Å². The van der Waals surface area contributed by atoms with Crippen LogP contribution in [0.25, 0.3) is 0 Å². The Hall–Kier alpha value is -0.120. The third-order valence-electron chi connectivity index (χ3n) is 3.74. The summed E-state index contributed by atoms with van der Waals surface area (Å²) in [7, 11) is 1.82. The molecule has 1 atom stereocenters. The molecule has 0 aromatic carbocycles. The number of piperidine rings is 1. The molecule has 0 aromatic heterocycles. The zero-order valence-electron chi connectivity index (χ0n) is 11.3. The van der Waals surface area contributed by atoms with Crippen molar-refractivity contribution < 1.29 is 4.74 Å². The molecule has 0 saturated carbocycles. The molecule has 3 heteroatoms. The lowest BCUT2D eigenvalue weighted by molar-refractivity contribution is 0.0394. The van der Waals surface area contributed by atoms with Gasteiger partial charge < -0.3 is 15.4 Å². The van der Waals surface area contributed by atoms with E-state index in [1.54, 1.807) is 0 Å². The summed E-state index contributed by atoms with van der Waals surface area (Å²) < 4.78 is 5.37. The molecule has 3 nitrogen and oxygen atoms in total. The molecule has 1 aliphatic heterocycles. The van der Waals surface area contributed by atoms with E-state index in [1.807, 2.05) is 7.11 Å². The Morgan fingerprint density at radius 2 is 1.88 bits per heavy atom. The van der Waals surface area contributed by atoms with E-state index in [0.717, 1.165) is 26.1 Å². The van der Waals surface area contributed by atoms with Gasteiger partial charge in [-0.25, -0.2) is 0 Å². The average Bonchev–Trinajstić information content (AvgIpc) is 2.25. The highest BCUT2D eigenvalue weighted by atomic mass is 16.5. The summed E-state index contributed by atoms with van der Waals surface area (Å²) >= 11 is 0. The first kappa shape index (κ1) is 13.9. The van der Waals surface area contributed by atoms with E-state index in [4.69, 9.17) is 10.5 Å². The van der Waals surface area contributed by atoms with Gasteiger partial charge in [0.25, 0.3) is 0 Å². The van der Waals surface area contributed by atoms with Gasteiger partial charge in [0.15, 0.2) is 0 Å². The largest absolute Gasteiger partial charge is 0.381 e. The second-order valence-corrected chi connectivity index (χ2v) is 6.04. The van der Waals surface area contributed by atoms with Crippen molar-refractivity contribution in [1.29, 1.82) is 0 Å². The van der Waals surface area contributed by atoms with Gasteiger partial charge in [-0.15, -0.1) is 0 Å². The predicted molar refractivity (Wildman–Crippen MR) is 68.5 cm³/mol. The van der Waals surface area contributed by atoms with Crippen LogP contribution in [0.15, 0.2) is 0 Å². The van der Waals surface area contributed by atoms with Crippen LogP contribution in [0.3, 0.4) is 0 Å². The lowest BCUT2D eigenvalue weighted by Crippen LogP contribution is -2.42. The van der Waals surface area contributed by atoms with Crippen molar-refractivity contribution in [3.05, 3.63) is 0 Å². The fourth-order valence-corrected chi connectivity index (χ4v) is 2.12. The summed E-state index contributed by atoms with van der Waals surface area (Å²) in [6.45, 7) is 10.1. The van der Waals surface area contributed by atoms with Gasteiger partial charge in [0, 0.05) is 26.2 Å². The van der Waals surface area contributed by atoms with E-state index >= 15 is 0 Å². The summed E-state index contributed by atoms with van der Waals surface area (Å²) in [5.74, 6) is 0. The summed E-state index contributed by atoms with van der Waals surface area (Å²) in [5.41, 5.74) is 6.40. The third kappa shape index (κ3) is 4.40. The number of hydrogen-bond donors (Lipinski definition) is 1. The van der Waals surface area contributed by atoms with Crippen LogP contribution < -0.4 is 5.73 Å². The molecule has 0 aromatic rings.